The fraction of sp³-hybridized carbons (Fsp3) is 0.625. The Bertz CT molecular complexity index is 416. The van der Waals surface area contributed by atoms with Gasteiger partial charge in [-0.25, -0.2) is 0 Å². The van der Waals surface area contributed by atoms with E-state index in [-0.39, 0.29) is 5.41 Å². The molecule has 2 rings (SSSR count). The van der Waals surface area contributed by atoms with Crippen molar-refractivity contribution in [3.05, 3.63) is 33.8 Å². The van der Waals surface area contributed by atoms with Crippen LogP contribution in [0.1, 0.15) is 39.2 Å². The lowest BCUT2D eigenvalue weighted by Gasteiger charge is -2.51. The Morgan fingerprint density at radius 1 is 1.26 bits per heavy atom. The van der Waals surface area contributed by atoms with Crippen molar-refractivity contribution in [2.45, 2.75) is 39.0 Å². The predicted molar refractivity (Wildman–Crippen MR) is 84.2 cm³/mol. The maximum atomic E-state index is 6.42. The SMILES string of the molecule is CCNCC1(c2c(Cl)cccc2Cl)CC(C(C)C)C1. The van der Waals surface area contributed by atoms with Crippen LogP contribution in [0.2, 0.25) is 10.0 Å². The van der Waals surface area contributed by atoms with Crippen molar-refractivity contribution in [2.24, 2.45) is 11.8 Å². The third-order valence-corrected chi connectivity index (χ3v) is 5.09. The Morgan fingerprint density at radius 3 is 2.32 bits per heavy atom. The molecule has 1 fully saturated rings. The van der Waals surface area contributed by atoms with Crippen LogP contribution in [0, 0.1) is 11.8 Å². The Morgan fingerprint density at radius 2 is 1.84 bits per heavy atom. The average molecular weight is 300 g/mol. The van der Waals surface area contributed by atoms with E-state index in [0.29, 0.717) is 0 Å². The van der Waals surface area contributed by atoms with E-state index in [2.05, 4.69) is 26.1 Å². The van der Waals surface area contributed by atoms with Gasteiger partial charge in [-0.3, -0.25) is 0 Å². The fourth-order valence-corrected chi connectivity index (χ4v) is 4.02. The highest BCUT2D eigenvalue weighted by Gasteiger charge is 2.47. The molecule has 106 valence electrons. The zero-order chi connectivity index (χ0) is 14.0. The van der Waals surface area contributed by atoms with E-state index >= 15 is 0 Å². The molecular formula is C16H23Cl2N. The minimum atomic E-state index is 0.125. The number of likely N-dealkylation sites (N-methyl/N-ethyl adjacent to an activating group) is 1. The van der Waals surface area contributed by atoms with Gasteiger partial charge in [0.25, 0.3) is 0 Å². The van der Waals surface area contributed by atoms with Crippen LogP contribution in [-0.4, -0.2) is 13.1 Å². The fourth-order valence-electron chi connectivity index (χ4n) is 3.22. The molecule has 0 saturated heterocycles. The van der Waals surface area contributed by atoms with Crippen LogP contribution in [-0.2, 0) is 5.41 Å². The monoisotopic (exact) mass is 299 g/mol. The molecule has 0 aromatic heterocycles. The molecule has 0 spiro atoms. The van der Waals surface area contributed by atoms with Crippen LogP contribution in [0.15, 0.2) is 18.2 Å². The van der Waals surface area contributed by atoms with E-state index in [1.807, 2.05) is 18.2 Å². The van der Waals surface area contributed by atoms with Crippen molar-refractivity contribution in [1.29, 1.82) is 0 Å². The topological polar surface area (TPSA) is 12.0 Å². The summed E-state index contributed by atoms with van der Waals surface area (Å²) in [5.74, 6) is 1.52. The summed E-state index contributed by atoms with van der Waals surface area (Å²) in [6.45, 7) is 8.69. The van der Waals surface area contributed by atoms with E-state index in [1.165, 1.54) is 12.8 Å². The first-order valence-corrected chi connectivity index (χ1v) is 7.91. The summed E-state index contributed by atoms with van der Waals surface area (Å²) in [6.07, 6.45) is 2.36. The van der Waals surface area contributed by atoms with Gasteiger partial charge in [-0.15, -0.1) is 0 Å². The van der Waals surface area contributed by atoms with Gasteiger partial charge >= 0.3 is 0 Å². The maximum absolute atomic E-state index is 6.42. The molecular weight excluding hydrogens is 277 g/mol. The number of hydrogen-bond donors (Lipinski definition) is 1. The van der Waals surface area contributed by atoms with Gasteiger partial charge in [0.1, 0.15) is 0 Å². The highest BCUT2D eigenvalue weighted by Crippen LogP contribution is 2.53. The van der Waals surface area contributed by atoms with Gasteiger partial charge in [0.15, 0.2) is 0 Å². The molecule has 0 aliphatic heterocycles. The van der Waals surface area contributed by atoms with E-state index in [0.717, 1.165) is 40.5 Å². The molecule has 1 N–H and O–H groups in total. The number of hydrogen-bond acceptors (Lipinski definition) is 1. The minimum absolute atomic E-state index is 0.125. The predicted octanol–water partition coefficient (Wildman–Crippen LogP) is 4.91. The molecule has 0 radical (unpaired) electrons. The number of rotatable bonds is 5. The molecule has 1 aliphatic rings. The summed E-state index contributed by atoms with van der Waals surface area (Å²) in [4.78, 5) is 0. The third kappa shape index (κ3) is 2.94. The number of halogens is 2. The lowest BCUT2D eigenvalue weighted by atomic mass is 9.55. The molecule has 0 bridgehead atoms. The Labute approximate surface area is 126 Å². The molecule has 0 unspecified atom stereocenters. The first-order chi connectivity index (χ1) is 9.00. The summed E-state index contributed by atoms with van der Waals surface area (Å²) in [7, 11) is 0. The second kappa shape index (κ2) is 6.03. The Hall–Kier alpha value is -0.240. The van der Waals surface area contributed by atoms with Gasteiger partial charge in [-0.05, 0) is 48.9 Å². The summed E-state index contributed by atoms with van der Waals surface area (Å²) in [6, 6.07) is 5.84. The first-order valence-electron chi connectivity index (χ1n) is 7.15. The molecule has 0 heterocycles. The van der Waals surface area contributed by atoms with Gasteiger partial charge < -0.3 is 5.32 Å². The van der Waals surface area contributed by atoms with Gasteiger partial charge in [0, 0.05) is 22.0 Å². The second-order valence-electron chi connectivity index (χ2n) is 6.07. The van der Waals surface area contributed by atoms with Crippen molar-refractivity contribution in [3.63, 3.8) is 0 Å². The quantitative estimate of drug-likeness (QED) is 0.815. The van der Waals surface area contributed by atoms with Crippen molar-refractivity contribution in [3.8, 4) is 0 Å². The highest BCUT2D eigenvalue weighted by atomic mass is 35.5. The standard InChI is InChI=1S/C16H23Cl2N/c1-4-19-10-16(8-12(9-16)11(2)3)15-13(17)6-5-7-14(15)18/h5-7,11-12,19H,4,8-10H2,1-3H3. The Kier molecular flexibility index (Phi) is 4.81. The van der Waals surface area contributed by atoms with Crippen LogP contribution in [0.25, 0.3) is 0 Å². The van der Waals surface area contributed by atoms with Crippen LogP contribution < -0.4 is 5.32 Å². The average Bonchev–Trinajstić information content (AvgIpc) is 2.29. The lowest BCUT2D eigenvalue weighted by molar-refractivity contribution is 0.0984. The highest BCUT2D eigenvalue weighted by molar-refractivity contribution is 6.36. The van der Waals surface area contributed by atoms with Crippen molar-refractivity contribution >= 4 is 23.2 Å². The Balaban J connectivity index is 2.29. The zero-order valence-electron chi connectivity index (χ0n) is 12.0. The molecule has 1 nitrogen and oxygen atoms in total. The summed E-state index contributed by atoms with van der Waals surface area (Å²) >= 11 is 12.8. The number of nitrogens with one attached hydrogen (secondary N) is 1. The molecule has 0 amide bonds. The van der Waals surface area contributed by atoms with Gasteiger partial charge in [0.2, 0.25) is 0 Å². The van der Waals surface area contributed by atoms with Crippen molar-refractivity contribution < 1.29 is 0 Å². The van der Waals surface area contributed by atoms with E-state index < -0.39 is 0 Å². The molecule has 0 atom stereocenters. The van der Waals surface area contributed by atoms with Crippen molar-refractivity contribution in [2.75, 3.05) is 13.1 Å². The molecule has 1 aromatic rings. The zero-order valence-corrected chi connectivity index (χ0v) is 13.5. The summed E-state index contributed by atoms with van der Waals surface area (Å²) in [5.41, 5.74) is 1.27. The molecule has 1 saturated carbocycles. The third-order valence-electron chi connectivity index (χ3n) is 4.46. The van der Waals surface area contributed by atoms with E-state index in [1.54, 1.807) is 0 Å². The van der Waals surface area contributed by atoms with Crippen molar-refractivity contribution in [1.82, 2.24) is 5.32 Å². The van der Waals surface area contributed by atoms with Crippen LogP contribution in [0.5, 0.6) is 0 Å². The first kappa shape index (κ1) is 15.2. The number of benzene rings is 1. The molecule has 19 heavy (non-hydrogen) atoms. The molecule has 1 aromatic carbocycles. The van der Waals surface area contributed by atoms with Gasteiger partial charge in [0.05, 0.1) is 0 Å². The smallest absolute Gasteiger partial charge is 0.0459 e. The van der Waals surface area contributed by atoms with Crippen LogP contribution in [0.4, 0.5) is 0 Å². The summed E-state index contributed by atoms with van der Waals surface area (Å²) < 4.78 is 0. The second-order valence-corrected chi connectivity index (χ2v) is 6.88. The summed E-state index contributed by atoms with van der Waals surface area (Å²) in [5, 5.41) is 5.11. The molecule has 3 heteroatoms. The van der Waals surface area contributed by atoms with Gasteiger partial charge in [-0.2, -0.15) is 0 Å². The van der Waals surface area contributed by atoms with E-state index in [4.69, 9.17) is 23.2 Å². The van der Waals surface area contributed by atoms with E-state index in [9.17, 15) is 0 Å². The van der Waals surface area contributed by atoms with Gasteiger partial charge in [-0.1, -0.05) is 50.0 Å². The maximum Gasteiger partial charge on any atom is 0.0459 e. The molecule has 1 aliphatic carbocycles. The minimum Gasteiger partial charge on any atom is -0.316 e. The van der Waals surface area contributed by atoms with Crippen LogP contribution in [0.3, 0.4) is 0 Å². The lowest BCUT2D eigenvalue weighted by Crippen LogP contribution is -2.50. The largest absolute Gasteiger partial charge is 0.316 e. The normalized spacial score (nSPS) is 26.5. The van der Waals surface area contributed by atoms with Crippen LogP contribution >= 0.6 is 23.2 Å².